The summed E-state index contributed by atoms with van der Waals surface area (Å²) in [6.45, 7) is 8.59. The van der Waals surface area contributed by atoms with Crippen LogP contribution in [0.25, 0.3) is 0 Å². The lowest BCUT2D eigenvalue weighted by atomic mass is 10.00. The highest BCUT2D eigenvalue weighted by molar-refractivity contribution is 5.53. The average molecular weight is 468 g/mol. The maximum atomic E-state index is 13.9. The summed E-state index contributed by atoms with van der Waals surface area (Å²) in [5.41, 5.74) is -0.691. The number of anilines is 2. The first kappa shape index (κ1) is 23.1. The molecule has 1 aromatic heterocycles. The molecule has 4 aliphatic rings. The second-order valence-corrected chi connectivity index (χ2v) is 10.8. The second kappa shape index (κ2) is 9.56. The number of rotatable bonds is 5. The summed E-state index contributed by atoms with van der Waals surface area (Å²) < 4.78 is 47.2. The molecule has 1 aromatic rings. The molecule has 0 bridgehead atoms. The van der Waals surface area contributed by atoms with Crippen LogP contribution in [0.1, 0.15) is 51.0 Å². The molecule has 4 fully saturated rings. The van der Waals surface area contributed by atoms with Gasteiger partial charge in [0.1, 0.15) is 5.56 Å². The summed E-state index contributed by atoms with van der Waals surface area (Å²) in [7, 11) is 0. The van der Waals surface area contributed by atoms with Gasteiger partial charge in [-0.05, 0) is 68.3 Å². The number of aromatic nitrogens is 2. The Hall–Kier alpha value is -1.61. The van der Waals surface area contributed by atoms with Gasteiger partial charge < -0.3 is 19.9 Å². The SMILES string of the molecule is C[C@@H]1CCCN(c2cc(C(F)(F)F)c(N[C@@H]3C[C@@H]4CN(CC5CCOCC5)C[C@@H]4C3)nn2)C1. The van der Waals surface area contributed by atoms with Crippen LogP contribution >= 0.6 is 0 Å². The minimum atomic E-state index is -4.45. The summed E-state index contributed by atoms with van der Waals surface area (Å²) in [6, 6.07) is 1.22. The Bertz CT molecular complexity index is 802. The van der Waals surface area contributed by atoms with Crippen molar-refractivity contribution in [2.45, 2.75) is 57.7 Å². The lowest BCUT2D eigenvalue weighted by molar-refractivity contribution is -0.137. The molecule has 3 aliphatic heterocycles. The van der Waals surface area contributed by atoms with Crippen LogP contribution in [0.4, 0.5) is 24.8 Å². The normalized spacial score (nSPS) is 31.7. The van der Waals surface area contributed by atoms with Crippen LogP contribution in [0, 0.1) is 23.7 Å². The Balaban J connectivity index is 1.21. The molecule has 0 unspecified atom stereocenters. The van der Waals surface area contributed by atoms with Crippen LogP contribution in [0.5, 0.6) is 0 Å². The molecule has 4 atom stereocenters. The average Bonchev–Trinajstić information content (AvgIpc) is 3.32. The molecular formula is C24H36F3N5O. The molecule has 0 aromatic carbocycles. The number of fused-ring (bicyclic) bond motifs is 1. The summed E-state index contributed by atoms with van der Waals surface area (Å²) >= 11 is 0. The topological polar surface area (TPSA) is 53.5 Å². The van der Waals surface area contributed by atoms with E-state index in [1.54, 1.807) is 0 Å². The van der Waals surface area contributed by atoms with Crippen molar-refractivity contribution >= 4 is 11.6 Å². The minimum absolute atomic E-state index is 0.0292. The van der Waals surface area contributed by atoms with Gasteiger partial charge >= 0.3 is 6.18 Å². The highest BCUT2D eigenvalue weighted by Crippen LogP contribution is 2.42. The van der Waals surface area contributed by atoms with Crippen molar-refractivity contribution in [3.63, 3.8) is 0 Å². The van der Waals surface area contributed by atoms with Gasteiger partial charge in [-0.3, -0.25) is 0 Å². The number of ether oxygens (including phenoxy) is 1. The third kappa shape index (κ3) is 5.39. The third-order valence-corrected chi connectivity index (χ3v) is 8.09. The predicted molar refractivity (Wildman–Crippen MR) is 121 cm³/mol. The molecule has 0 amide bonds. The number of alkyl halides is 3. The van der Waals surface area contributed by atoms with Crippen molar-refractivity contribution in [3.8, 4) is 0 Å². The lowest BCUT2D eigenvalue weighted by Gasteiger charge is -2.32. The molecule has 1 saturated carbocycles. The molecule has 6 nitrogen and oxygen atoms in total. The van der Waals surface area contributed by atoms with E-state index < -0.39 is 11.7 Å². The number of nitrogens with one attached hydrogen (secondary N) is 1. The van der Waals surface area contributed by atoms with Crippen molar-refractivity contribution < 1.29 is 17.9 Å². The molecule has 1 aliphatic carbocycles. The van der Waals surface area contributed by atoms with Gasteiger partial charge in [-0.25, -0.2) is 0 Å². The van der Waals surface area contributed by atoms with E-state index in [4.69, 9.17) is 4.74 Å². The van der Waals surface area contributed by atoms with Crippen molar-refractivity contribution in [2.75, 3.05) is 56.2 Å². The van der Waals surface area contributed by atoms with E-state index in [1.165, 1.54) is 6.07 Å². The van der Waals surface area contributed by atoms with E-state index in [1.807, 2.05) is 4.90 Å². The molecule has 5 rings (SSSR count). The van der Waals surface area contributed by atoms with Crippen LogP contribution < -0.4 is 10.2 Å². The predicted octanol–water partition coefficient (Wildman–Crippen LogP) is 4.28. The van der Waals surface area contributed by atoms with Crippen molar-refractivity contribution in [1.29, 1.82) is 0 Å². The number of hydrogen-bond acceptors (Lipinski definition) is 6. The molecule has 0 radical (unpaired) electrons. The third-order valence-electron chi connectivity index (χ3n) is 8.09. The van der Waals surface area contributed by atoms with Gasteiger partial charge in [0.15, 0.2) is 11.6 Å². The van der Waals surface area contributed by atoms with Crippen molar-refractivity contribution in [1.82, 2.24) is 15.1 Å². The summed E-state index contributed by atoms with van der Waals surface area (Å²) in [6.07, 6.45) is 1.71. The van der Waals surface area contributed by atoms with Crippen LogP contribution in [0.15, 0.2) is 6.07 Å². The molecule has 0 spiro atoms. The fraction of sp³-hybridized carbons (Fsp3) is 0.833. The zero-order valence-corrected chi connectivity index (χ0v) is 19.5. The van der Waals surface area contributed by atoms with E-state index in [9.17, 15) is 13.2 Å². The Morgan fingerprint density at radius 2 is 1.79 bits per heavy atom. The van der Waals surface area contributed by atoms with Gasteiger partial charge in [-0.2, -0.15) is 13.2 Å². The Morgan fingerprint density at radius 3 is 2.45 bits per heavy atom. The summed E-state index contributed by atoms with van der Waals surface area (Å²) in [5, 5.41) is 11.4. The van der Waals surface area contributed by atoms with E-state index in [-0.39, 0.29) is 11.9 Å². The van der Waals surface area contributed by atoms with Gasteiger partial charge in [-0.15, -0.1) is 10.2 Å². The first-order valence-corrected chi connectivity index (χ1v) is 12.6. The Kier molecular flexibility index (Phi) is 6.71. The van der Waals surface area contributed by atoms with Gasteiger partial charge in [0, 0.05) is 52.0 Å². The molecule has 9 heteroatoms. The first-order chi connectivity index (χ1) is 15.8. The zero-order chi connectivity index (χ0) is 23.0. The van der Waals surface area contributed by atoms with Gasteiger partial charge in [0.2, 0.25) is 0 Å². The maximum absolute atomic E-state index is 13.9. The summed E-state index contributed by atoms with van der Waals surface area (Å²) in [4.78, 5) is 4.50. The number of hydrogen-bond donors (Lipinski definition) is 1. The van der Waals surface area contributed by atoms with Gasteiger partial charge in [0.25, 0.3) is 0 Å². The smallest absolute Gasteiger partial charge is 0.381 e. The number of likely N-dealkylation sites (tertiary alicyclic amines) is 1. The van der Waals surface area contributed by atoms with Crippen LogP contribution in [-0.2, 0) is 10.9 Å². The molecule has 33 heavy (non-hydrogen) atoms. The van der Waals surface area contributed by atoms with Crippen LogP contribution in [0.3, 0.4) is 0 Å². The largest absolute Gasteiger partial charge is 0.420 e. The standard InChI is InChI=1S/C24H36F3N5O/c1-16-3-2-6-32(12-16)22-11-21(24(25,26)27)23(30-29-22)28-20-9-18-14-31(15-19(18)10-20)13-17-4-7-33-8-5-17/h11,16-20H,2-10,12-15H2,1H3,(H,28,30)/t16-,18-,19+,20-/m1/s1. The van der Waals surface area contributed by atoms with E-state index in [0.29, 0.717) is 23.6 Å². The van der Waals surface area contributed by atoms with Crippen LogP contribution in [-0.4, -0.2) is 67.1 Å². The van der Waals surface area contributed by atoms with Gasteiger partial charge in [-0.1, -0.05) is 6.92 Å². The fourth-order valence-electron chi connectivity index (χ4n) is 6.41. The number of nitrogens with zero attached hydrogens (tertiary/aromatic N) is 4. The first-order valence-electron chi connectivity index (χ1n) is 12.6. The molecule has 3 saturated heterocycles. The molecule has 1 N–H and O–H groups in total. The highest BCUT2D eigenvalue weighted by Gasteiger charge is 2.43. The lowest BCUT2D eigenvalue weighted by Crippen LogP contribution is -2.35. The monoisotopic (exact) mass is 467 g/mol. The van der Waals surface area contributed by atoms with E-state index in [0.717, 1.165) is 90.4 Å². The van der Waals surface area contributed by atoms with E-state index in [2.05, 4.69) is 27.3 Å². The maximum Gasteiger partial charge on any atom is 0.420 e. The Labute approximate surface area is 194 Å². The number of piperidine rings is 1. The molecule has 184 valence electrons. The van der Waals surface area contributed by atoms with Crippen molar-refractivity contribution in [2.24, 2.45) is 23.7 Å². The zero-order valence-electron chi connectivity index (χ0n) is 19.5. The fourth-order valence-corrected chi connectivity index (χ4v) is 6.41. The molecule has 4 heterocycles. The summed E-state index contributed by atoms with van der Waals surface area (Å²) in [5.74, 6) is 2.51. The van der Waals surface area contributed by atoms with Crippen LogP contribution in [0.2, 0.25) is 0 Å². The van der Waals surface area contributed by atoms with Gasteiger partial charge in [0.05, 0.1) is 0 Å². The Morgan fingerprint density at radius 1 is 1.06 bits per heavy atom. The minimum Gasteiger partial charge on any atom is -0.381 e. The second-order valence-electron chi connectivity index (χ2n) is 10.8. The number of halogens is 3. The quantitative estimate of drug-likeness (QED) is 0.698. The molecular weight excluding hydrogens is 431 g/mol. The van der Waals surface area contributed by atoms with Crippen molar-refractivity contribution in [3.05, 3.63) is 11.6 Å². The highest BCUT2D eigenvalue weighted by atomic mass is 19.4. The van der Waals surface area contributed by atoms with E-state index >= 15 is 0 Å².